The zero-order chi connectivity index (χ0) is 15.2. The van der Waals surface area contributed by atoms with Crippen LogP contribution in [0.5, 0.6) is 5.75 Å². The van der Waals surface area contributed by atoms with Gasteiger partial charge in [0.1, 0.15) is 5.75 Å². The van der Waals surface area contributed by atoms with Gasteiger partial charge >= 0.3 is 0 Å². The quantitative estimate of drug-likeness (QED) is 0.872. The van der Waals surface area contributed by atoms with Crippen LogP contribution < -0.4 is 15.8 Å². The first-order chi connectivity index (χ1) is 10.1. The number of benzene rings is 1. The van der Waals surface area contributed by atoms with Gasteiger partial charge in [-0.15, -0.1) is 0 Å². The van der Waals surface area contributed by atoms with E-state index in [1.807, 2.05) is 13.0 Å². The highest BCUT2D eigenvalue weighted by Gasteiger charge is 2.16. The van der Waals surface area contributed by atoms with Crippen molar-refractivity contribution in [3.05, 3.63) is 28.8 Å². The smallest absolute Gasteiger partial charge is 0.258 e. The molecule has 1 fully saturated rings. The number of hydrogen-bond donors (Lipinski definition) is 2. The van der Waals surface area contributed by atoms with Gasteiger partial charge in [-0.2, -0.15) is 0 Å². The van der Waals surface area contributed by atoms with E-state index in [1.54, 1.807) is 12.1 Å². The standard InChI is InChI=1S/C15H21ClN2O3/c1-10(17)11-2-3-14(13(16)8-11)21-9-15(19)18-12-4-6-20-7-5-12/h2-3,8,10,12H,4-7,9,17H2,1H3,(H,18,19)/t10-/m0/s1. The first-order valence-corrected chi connectivity index (χ1v) is 7.49. The monoisotopic (exact) mass is 312 g/mol. The van der Waals surface area contributed by atoms with Crippen molar-refractivity contribution in [1.29, 1.82) is 0 Å². The lowest BCUT2D eigenvalue weighted by molar-refractivity contribution is -0.124. The largest absolute Gasteiger partial charge is 0.482 e. The minimum absolute atomic E-state index is 0.0470. The van der Waals surface area contributed by atoms with Crippen LogP contribution in [0.2, 0.25) is 5.02 Å². The molecule has 0 radical (unpaired) electrons. The maximum absolute atomic E-state index is 11.8. The Kier molecular flexibility index (Phi) is 5.85. The van der Waals surface area contributed by atoms with Gasteiger partial charge in [-0.1, -0.05) is 17.7 Å². The molecule has 1 saturated heterocycles. The third kappa shape index (κ3) is 4.88. The molecule has 0 bridgehead atoms. The molecule has 3 N–H and O–H groups in total. The van der Waals surface area contributed by atoms with Crippen molar-refractivity contribution in [3.63, 3.8) is 0 Å². The molecule has 0 unspecified atom stereocenters. The third-order valence-electron chi connectivity index (χ3n) is 3.43. The number of carbonyl (C=O) groups excluding carboxylic acids is 1. The van der Waals surface area contributed by atoms with E-state index < -0.39 is 0 Å². The van der Waals surface area contributed by atoms with Crippen molar-refractivity contribution >= 4 is 17.5 Å². The molecule has 0 spiro atoms. The first-order valence-electron chi connectivity index (χ1n) is 7.11. The van der Waals surface area contributed by atoms with Gasteiger partial charge < -0.3 is 20.5 Å². The number of hydrogen-bond acceptors (Lipinski definition) is 4. The van der Waals surface area contributed by atoms with Crippen LogP contribution in [0.4, 0.5) is 0 Å². The lowest BCUT2D eigenvalue weighted by Gasteiger charge is -2.23. The summed E-state index contributed by atoms with van der Waals surface area (Å²) < 4.78 is 10.7. The average molecular weight is 313 g/mol. The van der Waals surface area contributed by atoms with Gasteiger partial charge in [0.05, 0.1) is 5.02 Å². The topological polar surface area (TPSA) is 73.6 Å². The molecule has 1 atom stereocenters. The molecule has 0 saturated carbocycles. The van der Waals surface area contributed by atoms with Crippen molar-refractivity contribution in [1.82, 2.24) is 5.32 Å². The van der Waals surface area contributed by atoms with E-state index in [0.717, 1.165) is 18.4 Å². The van der Waals surface area contributed by atoms with Crippen molar-refractivity contribution in [2.45, 2.75) is 31.8 Å². The van der Waals surface area contributed by atoms with Crippen LogP contribution >= 0.6 is 11.6 Å². The summed E-state index contributed by atoms with van der Waals surface area (Å²) in [6.45, 7) is 3.22. The Balaban J connectivity index is 1.83. The summed E-state index contributed by atoms with van der Waals surface area (Å²) in [6.07, 6.45) is 1.69. The van der Waals surface area contributed by atoms with E-state index in [1.165, 1.54) is 0 Å². The molecule has 1 aromatic rings. The van der Waals surface area contributed by atoms with E-state index in [0.29, 0.717) is 24.0 Å². The van der Waals surface area contributed by atoms with Crippen LogP contribution in [-0.2, 0) is 9.53 Å². The minimum Gasteiger partial charge on any atom is -0.482 e. The summed E-state index contributed by atoms with van der Waals surface area (Å²) in [7, 11) is 0. The maximum Gasteiger partial charge on any atom is 0.258 e. The van der Waals surface area contributed by atoms with Crippen molar-refractivity contribution in [2.75, 3.05) is 19.8 Å². The lowest BCUT2D eigenvalue weighted by Crippen LogP contribution is -2.41. The minimum atomic E-state index is -0.144. The molecular formula is C15H21ClN2O3. The average Bonchev–Trinajstić information content (AvgIpc) is 2.47. The fourth-order valence-corrected chi connectivity index (χ4v) is 2.42. The second-order valence-corrected chi connectivity index (χ2v) is 5.63. The van der Waals surface area contributed by atoms with Gasteiger partial charge in [0, 0.05) is 25.3 Å². The second-order valence-electron chi connectivity index (χ2n) is 5.22. The van der Waals surface area contributed by atoms with E-state index in [2.05, 4.69) is 5.32 Å². The fraction of sp³-hybridized carbons (Fsp3) is 0.533. The van der Waals surface area contributed by atoms with E-state index in [9.17, 15) is 4.79 Å². The Labute approximate surface area is 129 Å². The number of rotatable bonds is 5. The molecule has 116 valence electrons. The summed E-state index contributed by atoms with van der Waals surface area (Å²) in [4.78, 5) is 11.8. The molecule has 6 heteroatoms. The second kappa shape index (κ2) is 7.64. The maximum atomic E-state index is 11.8. The molecule has 2 rings (SSSR count). The molecule has 1 heterocycles. The van der Waals surface area contributed by atoms with Crippen LogP contribution in [0.25, 0.3) is 0 Å². The van der Waals surface area contributed by atoms with Crippen LogP contribution in [0, 0.1) is 0 Å². The summed E-state index contributed by atoms with van der Waals surface area (Å²) >= 11 is 6.12. The number of ether oxygens (including phenoxy) is 2. The number of nitrogens with one attached hydrogen (secondary N) is 1. The molecule has 1 aliphatic rings. The van der Waals surface area contributed by atoms with Crippen molar-refractivity contribution < 1.29 is 14.3 Å². The van der Waals surface area contributed by atoms with E-state index in [-0.39, 0.29) is 24.6 Å². The highest BCUT2D eigenvalue weighted by atomic mass is 35.5. The molecule has 0 aromatic heterocycles. The molecule has 5 nitrogen and oxygen atoms in total. The fourth-order valence-electron chi connectivity index (χ4n) is 2.17. The number of carbonyl (C=O) groups is 1. The van der Waals surface area contributed by atoms with Crippen LogP contribution in [0.3, 0.4) is 0 Å². The van der Waals surface area contributed by atoms with Crippen LogP contribution in [0.1, 0.15) is 31.4 Å². The molecule has 1 aromatic carbocycles. The van der Waals surface area contributed by atoms with Crippen molar-refractivity contribution in [3.8, 4) is 5.75 Å². The van der Waals surface area contributed by atoms with Crippen molar-refractivity contribution in [2.24, 2.45) is 5.73 Å². The summed E-state index contributed by atoms with van der Waals surface area (Å²) in [5.74, 6) is 0.345. The normalized spacial score (nSPS) is 17.3. The van der Waals surface area contributed by atoms with Crippen LogP contribution in [0.15, 0.2) is 18.2 Å². The summed E-state index contributed by atoms with van der Waals surface area (Å²) in [5.41, 5.74) is 6.71. The highest BCUT2D eigenvalue weighted by molar-refractivity contribution is 6.32. The van der Waals surface area contributed by atoms with Gasteiger partial charge in [0.2, 0.25) is 0 Å². The van der Waals surface area contributed by atoms with Crippen LogP contribution in [-0.4, -0.2) is 31.8 Å². The number of amides is 1. The SMILES string of the molecule is C[C@H](N)c1ccc(OCC(=O)NC2CCOCC2)c(Cl)c1. The van der Waals surface area contributed by atoms with E-state index in [4.69, 9.17) is 26.8 Å². The van der Waals surface area contributed by atoms with Gasteiger partial charge in [-0.05, 0) is 37.5 Å². The molecule has 0 aliphatic carbocycles. The molecule has 1 amide bonds. The number of halogens is 1. The highest BCUT2D eigenvalue weighted by Crippen LogP contribution is 2.27. The summed E-state index contributed by atoms with van der Waals surface area (Å²) in [6, 6.07) is 5.43. The zero-order valence-electron chi connectivity index (χ0n) is 12.1. The van der Waals surface area contributed by atoms with E-state index >= 15 is 0 Å². The Morgan fingerprint density at radius 2 is 2.24 bits per heavy atom. The molecular weight excluding hydrogens is 292 g/mol. The molecule has 21 heavy (non-hydrogen) atoms. The Morgan fingerprint density at radius 1 is 1.52 bits per heavy atom. The number of nitrogens with two attached hydrogens (primary N) is 1. The zero-order valence-corrected chi connectivity index (χ0v) is 12.9. The molecule has 1 aliphatic heterocycles. The van der Waals surface area contributed by atoms with Gasteiger partial charge in [-0.3, -0.25) is 4.79 Å². The Hall–Kier alpha value is -1.30. The van der Waals surface area contributed by atoms with Gasteiger partial charge in [0.15, 0.2) is 6.61 Å². The Morgan fingerprint density at radius 3 is 2.86 bits per heavy atom. The van der Waals surface area contributed by atoms with Gasteiger partial charge in [-0.25, -0.2) is 0 Å². The first kappa shape index (κ1) is 16.1. The van der Waals surface area contributed by atoms with Gasteiger partial charge in [0.25, 0.3) is 5.91 Å². The Bertz CT molecular complexity index is 488. The lowest BCUT2D eigenvalue weighted by atomic mass is 10.1. The predicted molar refractivity (Wildman–Crippen MR) is 81.5 cm³/mol. The third-order valence-corrected chi connectivity index (χ3v) is 3.72. The summed E-state index contributed by atoms with van der Waals surface area (Å²) in [5, 5.41) is 3.39. The predicted octanol–water partition coefficient (Wildman–Crippen LogP) is 2.03.